The van der Waals surface area contributed by atoms with E-state index in [1.807, 2.05) is 42.5 Å². The number of nitrogens with zero attached hydrogens (tertiary/aromatic N) is 2. The molecule has 1 aliphatic heterocycles. The van der Waals surface area contributed by atoms with Crippen molar-refractivity contribution in [2.24, 2.45) is 5.92 Å². The number of urea groups is 1. The molecule has 2 amide bonds. The predicted octanol–water partition coefficient (Wildman–Crippen LogP) is 2.30. The van der Waals surface area contributed by atoms with Crippen LogP contribution in [0.5, 0.6) is 5.75 Å². The highest BCUT2D eigenvalue weighted by molar-refractivity contribution is 5.78. The lowest BCUT2D eigenvalue weighted by molar-refractivity contribution is -0.141. The average molecular weight is 355 g/mol. The van der Waals surface area contributed by atoms with Crippen LogP contribution in [0.25, 0.3) is 0 Å². The third-order valence-corrected chi connectivity index (χ3v) is 4.53. The van der Waals surface area contributed by atoms with Crippen LogP contribution in [-0.4, -0.2) is 47.2 Å². The zero-order valence-corrected chi connectivity index (χ0v) is 14.5. The van der Waals surface area contributed by atoms with E-state index in [2.05, 4.69) is 10.3 Å². The molecule has 2 heterocycles. The van der Waals surface area contributed by atoms with E-state index in [1.165, 1.54) is 4.90 Å². The van der Waals surface area contributed by atoms with Gasteiger partial charge < -0.3 is 20.1 Å². The highest BCUT2D eigenvalue weighted by atomic mass is 16.5. The molecular formula is C19H21N3O4. The molecule has 0 radical (unpaired) electrons. The number of amides is 2. The van der Waals surface area contributed by atoms with Crippen LogP contribution in [0.15, 0.2) is 48.7 Å². The molecule has 1 saturated heterocycles. The Morgan fingerprint density at radius 3 is 2.69 bits per heavy atom. The monoisotopic (exact) mass is 355 g/mol. The molecule has 136 valence electrons. The van der Waals surface area contributed by atoms with Crippen molar-refractivity contribution < 1.29 is 19.4 Å². The van der Waals surface area contributed by atoms with E-state index < -0.39 is 17.9 Å². The molecule has 0 aliphatic carbocycles. The summed E-state index contributed by atoms with van der Waals surface area (Å²) in [6.07, 6.45) is 2.13. The summed E-state index contributed by atoms with van der Waals surface area (Å²) >= 11 is 0. The number of carboxylic acid groups (broad SMARTS) is 1. The Labute approximate surface area is 151 Å². The van der Waals surface area contributed by atoms with Crippen LogP contribution in [0.1, 0.15) is 23.7 Å². The minimum atomic E-state index is -0.869. The van der Waals surface area contributed by atoms with Crippen molar-refractivity contribution in [1.82, 2.24) is 15.2 Å². The Balaban J connectivity index is 1.85. The van der Waals surface area contributed by atoms with E-state index >= 15 is 0 Å². The summed E-state index contributed by atoms with van der Waals surface area (Å²) in [5, 5.41) is 12.1. The fourth-order valence-corrected chi connectivity index (χ4v) is 3.12. The van der Waals surface area contributed by atoms with Crippen molar-refractivity contribution in [2.75, 3.05) is 20.2 Å². The van der Waals surface area contributed by atoms with E-state index in [9.17, 15) is 9.59 Å². The molecule has 0 saturated carbocycles. The largest absolute Gasteiger partial charge is 0.496 e. The van der Waals surface area contributed by atoms with Crippen molar-refractivity contribution in [3.63, 3.8) is 0 Å². The molecule has 0 bridgehead atoms. The summed E-state index contributed by atoms with van der Waals surface area (Å²) in [6, 6.07) is 12.1. The molecule has 26 heavy (non-hydrogen) atoms. The first-order chi connectivity index (χ1) is 12.6. The quantitative estimate of drug-likeness (QED) is 0.859. The number of hydrogen-bond acceptors (Lipinski definition) is 4. The van der Waals surface area contributed by atoms with Crippen LogP contribution in [0, 0.1) is 5.92 Å². The summed E-state index contributed by atoms with van der Waals surface area (Å²) in [5.41, 5.74) is 1.47. The van der Waals surface area contributed by atoms with Crippen molar-refractivity contribution in [3.05, 3.63) is 59.9 Å². The number of para-hydroxylation sites is 1. The number of benzene rings is 1. The number of carbonyl (C=O) groups is 2. The Kier molecular flexibility index (Phi) is 5.36. The van der Waals surface area contributed by atoms with Crippen molar-refractivity contribution in [1.29, 1.82) is 0 Å². The number of aliphatic carboxylic acids is 1. The first kappa shape index (κ1) is 17.7. The lowest BCUT2D eigenvalue weighted by atomic mass is 10.0. The van der Waals surface area contributed by atoms with Gasteiger partial charge in [-0.2, -0.15) is 0 Å². The molecule has 2 aromatic rings. The second kappa shape index (κ2) is 7.86. The summed E-state index contributed by atoms with van der Waals surface area (Å²) in [4.78, 5) is 29.8. The molecule has 1 fully saturated rings. The van der Waals surface area contributed by atoms with Crippen LogP contribution in [0.2, 0.25) is 0 Å². The fourth-order valence-electron chi connectivity index (χ4n) is 3.12. The van der Waals surface area contributed by atoms with Gasteiger partial charge in [-0.25, -0.2) is 4.79 Å². The zero-order valence-electron chi connectivity index (χ0n) is 14.5. The van der Waals surface area contributed by atoms with Gasteiger partial charge in [-0.3, -0.25) is 9.78 Å². The number of likely N-dealkylation sites (tertiary alicyclic amines) is 1. The number of rotatable bonds is 5. The third-order valence-electron chi connectivity index (χ3n) is 4.53. The first-order valence-corrected chi connectivity index (χ1v) is 8.42. The van der Waals surface area contributed by atoms with E-state index in [0.717, 1.165) is 5.56 Å². The number of methoxy groups -OCH3 is 1. The minimum absolute atomic E-state index is 0.210. The van der Waals surface area contributed by atoms with Crippen molar-refractivity contribution >= 4 is 12.0 Å². The van der Waals surface area contributed by atoms with Gasteiger partial charge in [-0.1, -0.05) is 24.3 Å². The molecular weight excluding hydrogens is 334 g/mol. The molecule has 2 N–H and O–H groups in total. The topological polar surface area (TPSA) is 91.8 Å². The van der Waals surface area contributed by atoms with Crippen LogP contribution < -0.4 is 10.1 Å². The van der Waals surface area contributed by atoms with Gasteiger partial charge in [0.2, 0.25) is 0 Å². The van der Waals surface area contributed by atoms with Crippen molar-refractivity contribution in [2.45, 2.75) is 12.5 Å². The summed E-state index contributed by atoms with van der Waals surface area (Å²) < 4.78 is 5.43. The summed E-state index contributed by atoms with van der Waals surface area (Å²) in [6.45, 7) is 0.631. The van der Waals surface area contributed by atoms with Gasteiger partial charge in [0.15, 0.2) is 0 Å². The van der Waals surface area contributed by atoms with E-state index in [1.54, 1.807) is 13.3 Å². The minimum Gasteiger partial charge on any atom is -0.496 e. The van der Waals surface area contributed by atoms with Crippen molar-refractivity contribution in [3.8, 4) is 5.75 Å². The number of carboxylic acids is 1. The lowest BCUT2D eigenvalue weighted by Gasteiger charge is -2.24. The fraction of sp³-hybridized carbons (Fsp3) is 0.316. The van der Waals surface area contributed by atoms with Gasteiger partial charge in [0, 0.05) is 24.8 Å². The molecule has 2 atom stereocenters. The second-order valence-corrected chi connectivity index (χ2v) is 6.15. The van der Waals surface area contributed by atoms with Gasteiger partial charge in [0.25, 0.3) is 0 Å². The average Bonchev–Trinajstić information content (AvgIpc) is 3.17. The van der Waals surface area contributed by atoms with Crippen LogP contribution >= 0.6 is 0 Å². The third kappa shape index (κ3) is 3.77. The Bertz CT molecular complexity index is 781. The number of carbonyl (C=O) groups excluding carboxylic acids is 1. The number of nitrogens with one attached hydrogen (secondary N) is 1. The zero-order chi connectivity index (χ0) is 18.5. The number of aromatic nitrogens is 1. The van der Waals surface area contributed by atoms with Gasteiger partial charge >= 0.3 is 12.0 Å². The number of ether oxygens (including phenoxy) is 1. The molecule has 1 aliphatic rings. The van der Waals surface area contributed by atoms with Crippen LogP contribution in [0.3, 0.4) is 0 Å². The number of pyridine rings is 1. The van der Waals surface area contributed by atoms with E-state index in [4.69, 9.17) is 9.84 Å². The molecule has 3 rings (SSSR count). The SMILES string of the molecule is COc1ccccc1C(NC(=O)N1CCC(C(=O)O)C1)c1ccccn1. The van der Waals surface area contributed by atoms with Gasteiger partial charge in [-0.15, -0.1) is 0 Å². The number of hydrogen-bond donors (Lipinski definition) is 2. The standard InChI is InChI=1S/C19H21N3O4/c1-26-16-8-3-2-6-14(16)17(15-7-4-5-10-20-15)21-19(25)22-11-9-13(12-22)18(23)24/h2-8,10,13,17H,9,11-12H2,1H3,(H,21,25)(H,23,24). The van der Waals surface area contributed by atoms with E-state index in [-0.39, 0.29) is 12.6 Å². The Hall–Kier alpha value is -3.09. The Morgan fingerprint density at radius 2 is 2.04 bits per heavy atom. The Morgan fingerprint density at radius 1 is 1.27 bits per heavy atom. The van der Waals surface area contributed by atoms with Crippen LogP contribution in [-0.2, 0) is 4.79 Å². The highest BCUT2D eigenvalue weighted by Gasteiger charge is 2.32. The maximum atomic E-state index is 12.7. The predicted molar refractivity (Wildman–Crippen MR) is 94.9 cm³/mol. The molecule has 1 aromatic carbocycles. The van der Waals surface area contributed by atoms with Gasteiger partial charge in [0.1, 0.15) is 11.8 Å². The van der Waals surface area contributed by atoms with Gasteiger partial charge in [0.05, 0.1) is 18.7 Å². The van der Waals surface area contributed by atoms with Gasteiger partial charge in [-0.05, 0) is 24.6 Å². The first-order valence-electron chi connectivity index (χ1n) is 8.42. The highest BCUT2D eigenvalue weighted by Crippen LogP contribution is 2.29. The molecule has 1 aromatic heterocycles. The smallest absolute Gasteiger partial charge is 0.318 e. The maximum Gasteiger partial charge on any atom is 0.318 e. The maximum absolute atomic E-state index is 12.7. The molecule has 2 unspecified atom stereocenters. The molecule has 7 heteroatoms. The summed E-state index contributed by atoms with van der Waals surface area (Å²) in [7, 11) is 1.58. The van der Waals surface area contributed by atoms with E-state index in [0.29, 0.717) is 24.4 Å². The lowest BCUT2D eigenvalue weighted by Crippen LogP contribution is -2.41. The molecule has 0 spiro atoms. The second-order valence-electron chi connectivity index (χ2n) is 6.15. The normalized spacial score (nSPS) is 17.6. The van der Waals surface area contributed by atoms with Crippen LogP contribution in [0.4, 0.5) is 4.79 Å². The molecule has 7 nitrogen and oxygen atoms in total. The summed E-state index contributed by atoms with van der Waals surface area (Å²) in [5.74, 6) is -0.736.